The molecule has 0 unspecified atom stereocenters. The van der Waals surface area contributed by atoms with Crippen molar-refractivity contribution in [1.29, 1.82) is 0 Å². The molecule has 0 bridgehead atoms. The van der Waals surface area contributed by atoms with Crippen LogP contribution >= 0.6 is 0 Å². The largest absolute Gasteiger partial charge is 0.366 e. The molecule has 2 aromatic heterocycles. The maximum absolute atomic E-state index is 5.28. The smallest absolute Gasteiger partial charge is 0.239 e. The molecule has 0 aliphatic heterocycles. The van der Waals surface area contributed by atoms with Crippen LogP contribution in [-0.4, -0.2) is 15.0 Å². The highest BCUT2D eigenvalue weighted by molar-refractivity contribution is 5.42. The van der Waals surface area contributed by atoms with Crippen LogP contribution in [-0.2, 0) is 6.54 Å². The molecule has 0 aliphatic carbocycles. The summed E-state index contributed by atoms with van der Waals surface area (Å²) in [4.78, 5) is 12.3. The van der Waals surface area contributed by atoms with E-state index in [0.29, 0.717) is 12.5 Å². The summed E-state index contributed by atoms with van der Waals surface area (Å²) in [6.07, 6.45) is 3.52. The Balaban J connectivity index is 2.06. The van der Waals surface area contributed by atoms with Crippen LogP contribution in [0.2, 0.25) is 0 Å². The van der Waals surface area contributed by atoms with Crippen molar-refractivity contribution in [2.24, 2.45) is 5.84 Å². The quantitative estimate of drug-likeness (QED) is 0.538. The molecule has 0 atom stereocenters. The first-order chi connectivity index (χ1) is 8.28. The van der Waals surface area contributed by atoms with Gasteiger partial charge < -0.3 is 5.32 Å². The summed E-state index contributed by atoms with van der Waals surface area (Å²) in [5, 5.41) is 3.20. The summed E-state index contributed by atoms with van der Waals surface area (Å²) in [5.41, 5.74) is 4.42. The van der Waals surface area contributed by atoms with Crippen LogP contribution in [0, 0.1) is 6.92 Å². The van der Waals surface area contributed by atoms with Gasteiger partial charge in [0.05, 0.1) is 0 Å². The summed E-state index contributed by atoms with van der Waals surface area (Å²) in [6, 6.07) is 5.76. The number of hydrazine groups is 1. The minimum Gasteiger partial charge on any atom is -0.366 e. The molecule has 17 heavy (non-hydrogen) atoms. The maximum Gasteiger partial charge on any atom is 0.239 e. The molecule has 2 heterocycles. The van der Waals surface area contributed by atoms with Gasteiger partial charge in [-0.05, 0) is 24.6 Å². The molecule has 2 rings (SSSR count). The number of hydrogen-bond acceptors (Lipinski definition) is 6. The molecule has 88 valence electrons. The monoisotopic (exact) mass is 230 g/mol. The van der Waals surface area contributed by atoms with E-state index in [1.165, 1.54) is 0 Å². The summed E-state index contributed by atoms with van der Waals surface area (Å²) in [7, 11) is 0. The lowest BCUT2D eigenvalue weighted by Crippen LogP contribution is -2.12. The zero-order valence-electron chi connectivity index (χ0n) is 9.51. The Morgan fingerprint density at radius 1 is 1.24 bits per heavy atom. The highest BCUT2D eigenvalue weighted by Gasteiger charge is 2.00. The zero-order valence-corrected chi connectivity index (χ0v) is 9.51. The average molecular weight is 230 g/mol. The highest BCUT2D eigenvalue weighted by Crippen LogP contribution is 2.10. The Kier molecular flexibility index (Phi) is 3.46. The Hall–Kier alpha value is -2.21. The van der Waals surface area contributed by atoms with Crippen LogP contribution in [0.15, 0.2) is 30.6 Å². The molecule has 4 N–H and O–H groups in total. The van der Waals surface area contributed by atoms with E-state index in [4.69, 9.17) is 5.84 Å². The minimum atomic E-state index is 0.405. The predicted octanol–water partition coefficient (Wildman–Crippen LogP) is 1.08. The number of rotatable bonds is 4. The van der Waals surface area contributed by atoms with Gasteiger partial charge in [0, 0.05) is 30.7 Å². The molecule has 0 saturated carbocycles. The number of nitrogen functional groups attached to an aromatic ring is 1. The Bertz CT molecular complexity index is 485. The third kappa shape index (κ3) is 3.12. The highest BCUT2D eigenvalue weighted by atomic mass is 15.3. The van der Waals surface area contributed by atoms with Gasteiger partial charge in [-0.2, -0.15) is 4.98 Å². The minimum absolute atomic E-state index is 0.405. The number of aromatic nitrogens is 3. The van der Waals surface area contributed by atoms with Crippen LogP contribution in [0.3, 0.4) is 0 Å². The normalized spacial score (nSPS) is 10.0. The van der Waals surface area contributed by atoms with Crippen molar-refractivity contribution < 1.29 is 0 Å². The maximum atomic E-state index is 5.28. The van der Waals surface area contributed by atoms with Gasteiger partial charge in [-0.3, -0.25) is 10.4 Å². The van der Waals surface area contributed by atoms with E-state index in [1.807, 2.05) is 25.1 Å². The van der Waals surface area contributed by atoms with Crippen molar-refractivity contribution in [3.63, 3.8) is 0 Å². The van der Waals surface area contributed by atoms with Crippen molar-refractivity contribution in [2.75, 3.05) is 10.7 Å². The van der Waals surface area contributed by atoms with E-state index >= 15 is 0 Å². The molecular weight excluding hydrogens is 216 g/mol. The van der Waals surface area contributed by atoms with Crippen LogP contribution in [0.5, 0.6) is 0 Å². The summed E-state index contributed by atoms with van der Waals surface area (Å²) in [6.45, 7) is 2.57. The van der Waals surface area contributed by atoms with Crippen molar-refractivity contribution in [3.05, 3.63) is 41.9 Å². The first-order valence-electron chi connectivity index (χ1n) is 5.23. The van der Waals surface area contributed by atoms with E-state index in [0.717, 1.165) is 17.1 Å². The van der Waals surface area contributed by atoms with E-state index in [1.54, 1.807) is 12.4 Å². The van der Waals surface area contributed by atoms with E-state index in [2.05, 4.69) is 25.7 Å². The molecule has 0 amide bonds. The van der Waals surface area contributed by atoms with Crippen molar-refractivity contribution in [3.8, 4) is 0 Å². The molecule has 0 aliphatic rings. The van der Waals surface area contributed by atoms with Crippen molar-refractivity contribution >= 4 is 11.8 Å². The Morgan fingerprint density at radius 2 is 2.00 bits per heavy atom. The standard InChI is InChI=1S/C11H14N6/c1-8-6-10(16-11(15-8)17-12)14-7-9-2-4-13-5-3-9/h2-6H,7,12H2,1H3,(H2,14,15,16,17). The number of nitrogens with one attached hydrogen (secondary N) is 2. The average Bonchev–Trinajstić information content (AvgIpc) is 2.37. The van der Waals surface area contributed by atoms with Gasteiger partial charge in [-0.25, -0.2) is 10.8 Å². The lowest BCUT2D eigenvalue weighted by Gasteiger charge is -2.07. The number of anilines is 2. The molecule has 0 aromatic carbocycles. The van der Waals surface area contributed by atoms with E-state index in [9.17, 15) is 0 Å². The summed E-state index contributed by atoms with van der Waals surface area (Å²) >= 11 is 0. The fourth-order valence-corrected chi connectivity index (χ4v) is 1.42. The third-order valence-corrected chi connectivity index (χ3v) is 2.21. The SMILES string of the molecule is Cc1cc(NCc2ccncc2)nc(NN)n1. The number of hydrogen-bond donors (Lipinski definition) is 3. The second kappa shape index (κ2) is 5.22. The van der Waals surface area contributed by atoms with Gasteiger partial charge in [0.1, 0.15) is 5.82 Å². The fourth-order valence-electron chi connectivity index (χ4n) is 1.42. The number of nitrogens with zero attached hydrogens (tertiary/aromatic N) is 3. The van der Waals surface area contributed by atoms with E-state index in [-0.39, 0.29) is 0 Å². The van der Waals surface area contributed by atoms with Crippen molar-refractivity contribution in [1.82, 2.24) is 15.0 Å². The number of pyridine rings is 1. The molecule has 0 fully saturated rings. The van der Waals surface area contributed by atoms with E-state index < -0.39 is 0 Å². The summed E-state index contributed by atoms with van der Waals surface area (Å²) < 4.78 is 0. The van der Waals surface area contributed by atoms with Gasteiger partial charge in [0.25, 0.3) is 0 Å². The number of aryl methyl sites for hydroxylation is 1. The topological polar surface area (TPSA) is 88.8 Å². The second-order valence-corrected chi connectivity index (χ2v) is 3.57. The first-order valence-corrected chi connectivity index (χ1v) is 5.23. The van der Waals surface area contributed by atoms with Gasteiger partial charge in [0.2, 0.25) is 5.95 Å². The Labute approximate surface area is 99.3 Å². The summed E-state index contributed by atoms with van der Waals surface area (Å²) in [5.74, 6) is 6.43. The van der Waals surface area contributed by atoms with Crippen LogP contribution < -0.4 is 16.6 Å². The molecule has 6 nitrogen and oxygen atoms in total. The van der Waals surface area contributed by atoms with Crippen LogP contribution in [0.1, 0.15) is 11.3 Å². The molecular formula is C11H14N6. The Morgan fingerprint density at radius 3 is 2.71 bits per heavy atom. The zero-order chi connectivity index (χ0) is 12.1. The van der Waals surface area contributed by atoms with Crippen LogP contribution in [0.25, 0.3) is 0 Å². The van der Waals surface area contributed by atoms with Gasteiger partial charge >= 0.3 is 0 Å². The lowest BCUT2D eigenvalue weighted by molar-refractivity contribution is 1.04. The van der Waals surface area contributed by atoms with Gasteiger partial charge in [-0.15, -0.1) is 0 Å². The molecule has 0 spiro atoms. The molecule has 0 saturated heterocycles. The van der Waals surface area contributed by atoms with Gasteiger partial charge in [-0.1, -0.05) is 0 Å². The predicted molar refractivity (Wildman–Crippen MR) is 66.1 cm³/mol. The van der Waals surface area contributed by atoms with Crippen LogP contribution in [0.4, 0.5) is 11.8 Å². The molecule has 6 heteroatoms. The second-order valence-electron chi connectivity index (χ2n) is 3.57. The fraction of sp³-hybridized carbons (Fsp3) is 0.182. The molecule has 0 radical (unpaired) electrons. The lowest BCUT2D eigenvalue weighted by atomic mass is 10.3. The van der Waals surface area contributed by atoms with Gasteiger partial charge in [0.15, 0.2) is 0 Å². The van der Waals surface area contributed by atoms with Crippen molar-refractivity contribution in [2.45, 2.75) is 13.5 Å². The third-order valence-electron chi connectivity index (χ3n) is 2.21. The number of nitrogens with two attached hydrogens (primary N) is 1. The molecule has 2 aromatic rings. The first kappa shape index (κ1) is 11.3.